The number of unbranched alkanes of at least 4 members (excludes halogenated alkanes) is 5. The highest BCUT2D eigenvalue weighted by Crippen LogP contribution is 2.24. The number of hydrogen-bond acceptors (Lipinski definition) is 2. The zero-order chi connectivity index (χ0) is 15.8. The van der Waals surface area contributed by atoms with Crippen LogP contribution in [0.5, 0.6) is 0 Å². The fraction of sp³-hybridized carbons (Fsp3) is 0.571. The van der Waals surface area contributed by atoms with Crippen LogP contribution in [0.4, 0.5) is 0 Å². The molecule has 0 aliphatic rings. The number of amidine groups is 1. The van der Waals surface area contributed by atoms with E-state index < -0.39 is 9.81 Å². The lowest BCUT2D eigenvalue weighted by atomic mass is 10.1. The summed E-state index contributed by atoms with van der Waals surface area (Å²) in [6.45, 7) is 9.17. The molecule has 0 atom stereocenters. The van der Waals surface area contributed by atoms with E-state index in [4.69, 9.17) is 6.57 Å². The molecule has 21 heavy (non-hydrogen) atoms. The van der Waals surface area contributed by atoms with Crippen LogP contribution in [0.1, 0.15) is 50.3 Å². The first-order chi connectivity index (χ1) is 9.85. The summed E-state index contributed by atoms with van der Waals surface area (Å²) < 4.78 is 35.3. The Morgan fingerprint density at radius 2 is 2.00 bits per heavy atom. The summed E-state index contributed by atoms with van der Waals surface area (Å²) in [5.41, 5.74) is 0. The Kier molecular flexibility index (Phi) is 6.68. The van der Waals surface area contributed by atoms with Crippen molar-refractivity contribution in [1.82, 2.24) is 0 Å². The van der Waals surface area contributed by atoms with Crippen LogP contribution >= 0.6 is 11.3 Å². The molecule has 1 aromatic rings. The van der Waals surface area contributed by atoms with E-state index in [0.717, 1.165) is 32.1 Å². The van der Waals surface area contributed by atoms with E-state index in [0.29, 0.717) is 11.3 Å². The van der Waals surface area contributed by atoms with E-state index in [9.17, 15) is 13.3 Å². The lowest BCUT2D eigenvalue weighted by Crippen LogP contribution is -2.33. The highest BCUT2D eigenvalue weighted by Gasteiger charge is 2.34. The largest absolute Gasteiger partial charge is 0.359 e. The summed E-state index contributed by atoms with van der Waals surface area (Å²) in [6.07, 6.45) is 5.54. The summed E-state index contributed by atoms with van der Waals surface area (Å²) in [5.74, 6) is -0.522. The molecule has 0 aliphatic carbocycles. The molecule has 0 aromatic carbocycles. The van der Waals surface area contributed by atoms with Gasteiger partial charge in [-0.05, 0) is 16.2 Å². The van der Waals surface area contributed by atoms with Gasteiger partial charge >= 0.3 is 0 Å². The Labute approximate surface area is 130 Å². The molecule has 0 bridgehead atoms. The summed E-state index contributed by atoms with van der Waals surface area (Å²) in [7, 11) is -5.09. The van der Waals surface area contributed by atoms with Gasteiger partial charge in [0.05, 0.1) is 10.6 Å². The molecule has 1 aromatic heterocycles. The van der Waals surface area contributed by atoms with Crippen LogP contribution in [0, 0.1) is 6.57 Å². The van der Waals surface area contributed by atoms with Gasteiger partial charge in [-0.1, -0.05) is 57.7 Å². The highest BCUT2D eigenvalue weighted by atomic mass is 32.3. The molecule has 0 fully saturated rings. The topological polar surface area (TPSA) is 74.2 Å². The van der Waals surface area contributed by atoms with Crippen molar-refractivity contribution in [2.75, 3.05) is 5.75 Å². The van der Waals surface area contributed by atoms with Gasteiger partial charge < -0.3 is 4.85 Å². The van der Waals surface area contributed by atoms with E-state index in [1.807, 2.05) is 0 Å². The van der Waals surface area contributed by atoms with Gasteiger partial charge in [0.1, 0.15) is 0 Å². The van der Waals surface area contributed by atoms with E-state index in [-0.39, 0.29) is 11.6 Å². The van der Waals surface area contributed by atoms with E-state index in [1.54, 1.807) is 17.5 Å². The third-order valence-electron chi connectivity index (χ3n) is 2.97. The van der Waals surface area contributed by atoms with Gasteiger partial charge in [-0.25, -0.2) is 0 Å². The van der Waals surface area contributed by atoms with Gasteiger partial charge in [-0.15, -0.1) is 0 Å². The van der Waals surface area contributed by atoms with Crippen LogP contribution in [-0.4, -0.2) is 24.9 Å². The molecule has 0 unspecified atom stereocenters. The molecule has 0 saturated heterocycles. The molecule has 0 spiro atoms. The van der Waals surface area contributed by atoms with Crippen LogP contribution in [0.2, 0.25) is 0 Å². The molecular formula is C14H22N2O3S2. The van der Waals surface area contributed by atoms with Gasteiger partial charge in [-0.3, -0.25) is 9.11 Å². The summed E-state index contributed by atoms with van der Waals surface area (Å²) >= 11 is 1.24. The second kappa shape index (κ2) is 7.80. The minimum Gasteiger partial charge on any atom is -0.359 e. The van der Waals surface area contributed by atoms with Crippen LogP contribution in [0.25, 0.3) is 4.85 Å². The highest BCUT2D eigenvalue weighted by molar-refractivity contribution is 8.09. The second-order valence-corrected chi connectivity index (χ2v) is 8.44. The number of thiophene rings is 1. The monoisotopic (exact) mass is 330 g/mol. The maximum atomic E-state index is 12.1. The Balaban J connectivity index is 2.64. The molecule has 118 valence electrons. The van der Waals surface area contributed by atoms with Crippen molar-refractivity contribution >= 4 is 27.0 Å². The van der Waals surface area contributed by atoms with Crippen molar-refractivity contribution in [3.8, 4) is 0 Å². The molecule has 1 rings (SSSR count). The Morgan fingerprint density at radius 1 is 1.33 bits per heavy atom. The second-order valence-electron chi connectivity index (χ2n) is 4.95. The van der Waals surface area contributed by atoms with Gasteiger partial charge in [0.2, 0.25) is 9.81 Å². The third-order valence-corrected chi connectivity index (χ3v) is 5.38. The molecule has 0 amide bonds. The van der Waals surface area contributed by atoms with Crippen LogP contribution in [-0.2, 0) is 9.81 Å². The van der Waals surface area contributed by atoms with Gasteiger partial charge in [0.25, 0.3) is 5.84 Å². The summed E-state index contributed by atoms with van der Waals surface area (Å²) in [4.78, 5) is 3.63. The predicted octanol–water partition coefficient (Wildman–Crippen LogP) is 4.46. The Hall–Kier alpha value is -1.07. The average molecular weight is 330 g/mol. The smallest absolute Gasteiger partial charge is 0.300 e. The van der Waals surface area contributed by atoms with Crippen molar-refractivity contribution in [2.24, 2.45) is 4.40 Å². The third kappa shape index (κ3) is 6.96. The molecular weight excluding hydrogens is 308 g/mol. The molecule has 1 heterocycles. The molecule has 5 nitrogen and oxygen atoms in total. The average Bonchev–Trinajstić information content (AvgIpc) is 2.93. The molecule has 2 N–H and O–H groups in total. The lowest BCUT2D eigenvalue weighted by molar-refractivity contribution is 0.389. The molecule has 7 heteroatoms. The SMILES string of the molecule is [C-]#[N+]/C(=N\S(=O)(O)(O)CCCCCCCC)c1cccs1. The van der Waals surface area contributed by atoms with Crippen molar-refractivity contribution in [3.63, 3.8) is 0 Å². The molecule has 0 radical (unpaired) electrons. The number of nitrogens with zero attached hydrogens (tertiary/aromatic N) is 2. The number of rotatable bonds is 9. The maximum absolute atomic E-state index is 12.1. The van der Waals surface area contributed by atoms with Crippen molar-refractivity contribution in [3.05, 3.63) is 33.8 Å². The minimum atomic E-state index is -5.09. The van der Waals surface area contributed by atoms with Gasteiger partial charge in [0.15, 0.2) is 0 Å². The summed E-state index contributed by atoms with van der Waals surface area (Å²) in [5, 5.41) is 1.75. The van der Waals surface area contributed by atoms with Crippen molar-refractivity contribution in [2.45, 2.75) is 45.4 Å². The lowest BCUT2D eigenvalue weighted by Gasteiger charge is -2.21. The standard InChI is InChI=1S/C14H22N2O3S2/c1-3-4-5-6-7-8-12-21(17,18,19)16-14(15-2)13-10-9-11-20-13/h9-11H,3-8,12H2,1H3,(H2,17,18,19)/b16-14-. The van der Waals surface area contributed by atoms with Gasteiger partial charge in [-0.2, -0.15) is 15.5 Å². The number of hydrogen-bond donors (Lipinski definition) is 2. The normalized spacial score (nSPS) is 14.4. The zero-order valence-corrected chi connectivity index (χ0v) is 13.8. The van der Waals surface area contributed by atoms with Crippen LogP contribution in [0.15, 0.2) is 21.9 Å². The Bertz CT molecular complexity index is 568. The quantitative estimate of drug-likeness (QED) is 0.304. The van der Waals surface area contributed by atoms with Crippen LogP contribution < -0.4 is 0 Å². The van der Waals surface area contributed by atoms with Crippen molar-refractivity contribution in [1.29, 1.82) is 0 Å². The van der Waals surface area contributed by atoms with Crippen LogP contribution in [0.3, 0.4) is 0 Å². The zero-order valence-electron chi connectivity index (χ0n) is 12.2. The molecule has 0 aliphatic heterocycles. The predicted molar refractivity (Wildman–Crippen MR) is 89.1 cm³/mol. The Morgan fingerprint density at radius 3 is 2.57 bits per heavy atom. The summed E-state index contributed by atoms with van der Waals surface area (Å²) in [6, 6.07) is 3.36. The van der Waals surface area contributed by atoms with E-state index in [2.05, 4.69) is 16.2 Å². The first-order valence-electron chi connectivity index (χ1n) is 7.03. The fourth-order valence-corrected chi connectivity index (χ4v) is 3.88. The fourth-order valence-electron chi connectivity index (χ4n) is 1.88. The molecule has 0 saturated carbocycles. The van der Waals surface area contributed by atoms with Gasteiger partial charge in [0, 0.05) is 0 Å². The minimum absolute atomic E-state index is 0.210. The van der Waals surface area contributed by atoms with Crippen molar-refractivity contribution < 1.29 is 13.3 Å². The maximum Gasteiger partial charge on any atom is 0.300 e. The first-order valence-corrected chi connectivity index (χ1v) is 9.91. The van der Waals surface area contributed by atoms with E-state index >= 15 is 0 Å². The first kappa shape index (κ1) is 18.0. The van der Waals surface area contributed by atoms with E-state index in [1.165, 1.54) is 11.3 Å².